The maximum absolute atomic E-state index is 4.99. The molecule has 84 valence electrons. The van der Waals surface area contributed by atoms with Crippen molar-refractivity contribution in [2.24, 2.45) is 5.10 Å². The van der Waals surface area contributed by atoms with Gasteiger partial charge in [0.05, 0.1) is 5.71 Å². The first kappa shape index (κ1) is 11.1. The summed E-state index contributed by atoms with van der Waals surface area (Å²) in [5.41, 5.74) is 6.58. The smallest absolute Gasteiger partial charge is 0.186 e. The van der Waals surface area contributed by atoms with Crippen LogP contribution in [0.15, 0.2) is 29.4 Å². The lowest BCUT2D eigenvalue weighted by Crippen LogP contribution is -2.30. The number of hydrazone groups is 1. The highest BCUT2D eigenvalue weighted by molar-refractivity contribution is 7.80. The van der Waals surface area contributed by atoms with Crippen LogP contribution in [-0.4, -0.2) is 17.9 Å². The number of hydrogen-bond acceptors (Lipinski definition) is 2. The zero-order chi connectivity index (χ0) is 11.4. The monoisotopic (exact) mass is 233 g/mol. The molecule has 0 unspecified atom stereocenters. The molecule has 0 fully saturated rings. The summed E-state index contributed by atoms with van der Waals surface area (Å²) in [7, 11) is 1.78. The lowest BCUT2D eigenvalue weighted by molar-refractivity contribution is 0.826. The van der Waals surface area contributed by atoms with Crippen molar-refractivity contribution < 1.29 is 0 Å². The molecule has 16 heavy (non-hydrogen) atoms. The number of nitrogens with one attached hydrogen (secondary N) is 2. The van der Waals surface area contributed by atoms with Crippen LogP contribution in [0.5, 0.6) is 0 Å². The van der Waals surface area contributed by atoms with Gasteiger partial charge in [0.1, 0.15) is 0 Å². The van der Waals surface area contributed by atoms with Crippen LogP contribution in [0.25, 0.3) is 0 Å². The van der Waals surface area contributed by atoms with Gasteiger partial charge in [0.15, 0.2) is 5.11 Å². The van der Waals surface area contributed by atoms with Crippen molar-refractivity contribution >= 4 is 23.0 Å². The van der Waals surface area contributed by atoms with E-state index in [0.29, 0.717) is 5.11 Å². The Bertz CT molecular complexity index is 426. The topological polar surface area (TPSA) is 36.4 Å². The number of thiocarbonyl (C=S) groups is 1. The van der Waals surface area contributed by atoms with Crippen molar-refractivity contribution in [3.63, 3.8) is 0 Å². The molecule has 0 radical (unpaired) electrons. The van der Waals surface area contributed by atoms with Gasteiger partial charge in [0.2, 0.25) is 0 Å². The summed E-state index contributed by atoms with van der Waals surface area (Å²) in [6, 6.07) is 8.42. The van der Waals surface area contributed by atoms with Gasteiger partial charge in [-0.2, -0.15) is 5.10 Å². The van der Waals surface area contributed by atoms with Crippen LogP contribution in [0.3, 0.4) is 0 Å². The summed E-state index contributed by atoms with van der Waals surface area (Å²) in [5, 5.41) is 7.75. The largest absolute Gasteiger partial charge is 0.364 e. The molecule has 0 atom stereocenters. The summed E-state index contributed by atoms with van der Waals surface area (Å²) < 4.78 is 0. The molecule has 2 N–H and O–H groups in total. The fourth-order valence-corrected chi connectivity index (χ4v) is 1.94. The summed E-state index contributed by atoms with van der Waals surface area (Å²) in [5.74, 6) is 0. The second-order valence-electron chi connectivity index (χ2n) is 3.76. The molecule has 1 aromatic rings. The van der Waals surface area contributed by atoms with E-state index >= 15 is 0 Å². The van der Waals surface area contributed by atoms with Crippen molar-refractivity contribution in [1.29, 1.82) is 0 Å². The molecule has 2 rings (SSSR count). The molecular weight excluding hydrogens is 218 g/mol. The average Bonchev–Trinajstić information content (AvgIpc) is 2.35. The van der Waals surface area contributed by atoms with Gasteiger partial charge in [-0.3, -0.25) is 5.43 Å². The van der Waals surface area contributed by atoms with Gasteiger partial charge in [0, 0.05) is 12.6 Å². The van der Waals surface area contributed by atoms with Crippen LogP contribution in [0.2, 0.25) is 0 Å². The minimum atomic E-state index is 0.551. The maximum Gasteiger partial charge on any atom is 0.186 e. The third-order valence-electron chi connectivity index (χ3n) is 2.71. The van der Waals surface area contributed by atoms with E-state index in [0.717, 1.165) is 25.0 Å². The molecule has 0 amide bonds. The first-order valence-electron chi connectivity index (χ1n) is 5.44. The predicted octanol–water partition coefficient (Wildman–Crippen LogP) is 1.82. The minimum Gasteiger partial charge on any atom is -0.364 e. The van der Waals surface area contributed by atoms with Gasteiger partial charge in [-0.15, -0.1) is 0 Å². The minimum absolute atomic E-state index is 0.551. The average molecular weight is 233 g/mol. The summed E-state index contributed by atoms with van der Waals surface area (Å²) in [6.45, 7) is 0. The number of hydrogen-bond donors (Lipinski definition) is 2. The Kier molecular flexibility index (Phi) is 3.51. The summed E-state index contributed by atoms with van der Waals surface area (Å²) in [6.07, 6.45) is 3.31. The van der Waals surface area contributed by atoms with Crippen LogP contribution in [0.4, 0.5) is 0 Å². The van der Waals surface area contributed by atoms with Crippen LogP contribution in [-0.2, 0) is 6.42 Å². The van der Waals surface area contributed by atoms with Gasteiger partial charge < -0.3 is 5.32 Å². The van der Waals surface area contributed by atoms with Crippen molar-refractivity contribution in [2.75, 3.05) is 7.05 Å². The molecule has 0 bridgehead atoms. The fraction of sp³-hybridized carbons (Fsp3) is 0.333. The van der Waals surface area contributed by atoms with Gasteiger partial charge in [-0.25, -0.2) is 0 Å². The SMILES string of the molecule is CNC(=S)N/N=C1/CCCc2ccccc21. The normalized spacial score (nSPS) is 16.7. The van der Waals surface area contributed by atoms with Gasteiger partial charge in [-0.1, -0.05) is 24.3 Å². The number of rotatable bonds is 1. The lowest BCUT2D eigenvalue weighted by atomic mass is 9.90. The van der Waals surface area contributed by atoms with Crippen LogP contribution in [0, 0.1) is 0 Å². The molecule has 3 nitrogen and oxygen atoms in total. The van der Waals surface area contributed by atoms with Crippen LogP contribution < -0.4 is 10.7 Å². The second-order valence-corrected chi connectivity index (χ2v) is 4.17. The zero-order valence-corrected chi connectivity index (χ0v) is 10.1. The molecule has 1 aromatic carbocycles. The molecule has 0 aliphatic heterocycles. The van der Waals surface area contributed by atoms with E-state index in [1.165, 1.54) is 11.1 Å². The number of nitrogens with zero attached hydrogens (tertiary/aromatic N) is 1. The van der Waals surface area contributed by atoms with Crippen molar-refractivity contribution in [3.05, 3.63) is 35.4 Å². The number of fused-ring (bicyclic) bond motifs is 1. The molecule has 4 heteroatoms. The van der Waals surface area contributed by atoms with Gasteiger partial charge in [0.25, 0.3) is 0 Å². The maximum atomic E-state index is 4.99. The Hall–Kier alpha value is -1.42. The van der Waals surface area contributed by atoms with E-state index in [4.69, 9.17) is 12.2 Å². The Balaban J connectivity index is 2.21. The predicted molar refractivity (Wildman–Crippen MR) is 70.7 cm³/mol. The third-order valence-corrected chi connectivity index (χ3v) is 3.00. The Morgan fingerprint density at radius 3 is 2.94 bits per heavy atom. The van der Waals surface area contributed by atoms with E-state index in [-0.39, 0.29) is 0 Å². The van der Waals surface area contributed by atoms with Crippen LogP contribution >= 0.6 is 12.2 Å². The van der Waals surface area contributed by atoms with Gasteiger partial charge in [-0.05, 0) is 37.0 Å². The number of aryl methyl sites for hydroxylation is 1. The first-order valence-corrected chi connectivity index (χ1v) is 5.84. The van der Waals surface area contributed by atoms with E-state index in [2.05, 4.69) is 40.1 Å². The fourth-order valence-electron chi connectivity index (χ4n) is 1.89. The highest BCUT2D eigenvalue weighted by Gasteiger charge is 2.14. The number of benzene rings is 1. The molecule has 0 aromatic heterocycles. The Morgan fingerprint density at radius 2 is 2.12 bits per heavy atom. The second kappa shape index (κ2) is 5.07. The highest BCUT2D eigenvalue weighted by atomic mass is 32.1. The molecule has 1 aliphatic carbocycles. The van der Waals surface area contributed by atoms with E-state index < -0.39 is 0 Å². The third kappa shape index (κ3) is 2.39. The summed E-state index contributed by atoms with van der Waals surface area (Å²) >= 11 is 4.99. The molecule has 0 spiro atoms. The van der Waals surface area contributed by atoms with Crippen molar-refractivity contribution in [2.45, 2.75) is 19.3 Å². The molecule has 0 heterocycles. The molecular formula is C12H15N3S. The first-order chi connectivity index (χ1) is 7.81. The van der Waals surface area contributed by atoms with Crippen molar-refractivity contribution in [1.82, 2.24) is 10.7 Å². The molecule has 0 saturated heterocycles. The van der Waals surface area contributed by atoms with Gasteiger partial charge >= 0.3 is 0 Å². The quantitative estimate of drug-likeness (QED) is 0.574. The zero-order valence-electron chi connectivity index (χ0n) is 9.29. The highest BCUT2D eigenvalue weighted by Crippen LogP contribution is 2.20. The summed E-state index contributed by atoms with van der Waals surface area (Å²) in [4.78, 5) is 0. The van der Waals surface area contributed by atoms with Crippen LogP contribution in [0.1, 0.15) is 24.0 Å². The van der Waals surface area contributed by atoms with Crippen molar-refractivity contribution in [3.8, 4) is 0 Å². The molecule has 1 aliphatic rings. The van der Waals surface area contributed by atoms with E-state index in [9.17, 15) is 0 Å². The van der Waals surface area contributed by atoms with E-state index in [1.54, 1.807) is 7.05 Å². The standard InChI is InChI=1S/C12H15N3S/c1-13-12(16)15-14-11-8-4-6-9-5-2-3-7-10(9)11/h2-3,5,7H,4,6,8H2,1H3,(H2,13,15,16)/b14-11-. The lowest BCUT2D eigenvalue weighted by Gasteiger charge is -2.17. The Morgan fingerprint density at radius 1 is 1.31 bits per heavy atom. The Labute approximate surface area is 101 Å². The molecule has 0 saturated carbocycles. The van der Waals surface area contributed by atoms with E-state index in [1.807, 2.05) is 0 Å².